The molecule has 8 heteroatoms. The molecule has 1 aromatic rings. The summed E-state index contributed by atoms with van der Waals surface area (Å²) in [6.07, 6.45) is 8.58. The van der Waals surface area contributed by atoms with E-state index in [1.165, 1.54) is 31.2 Å². The van der Waals surface area contributed by atoms with E-state index in [4.69, 9.17) is 4.74 Å². The van der Waals surface area contributed by atoms with Crippen molar-refractivity contribution in [1.82, 2.24) is 20.5 Å². The maximum atomic E-state index is 11.8. The quantitative estimate of drug-likeness (QED) is 0.567. The predicted molar refractivity (Wildman–Crippen MR) is 120 cm³/mol. The van der Waals surface area contributed by atoms with Gasteiger partial charge in [-0.15, -0.1) is 0 Å². The van der Waals surface area contributed by atoms with Crippen molar-refractivity contribution in [3.63, 3.8) is 0 Å². The molecule has 3 rings (SSSR count). The van der Waals surface area contributed by atoms with E-state index in [9.17, 15) is 4.79 Å². The van der Waals surface area contributed by atoms with Gasteiger partial charge in [0.05, 0.1) is 6.61 Å². The Morgan fingerprint density at radius 2 is 1.93 bits per heavy atom. The van der Waals surface area contributed by atoms with Gasteiger partial charge in [-0.3, -0.25) is 4.99 Å². The molecule has 0 radical (unpaired) electrons. The summed E-state index contributed by atoms with van der Waals surface area (Å²) in [5, 5.41) is 6.90. The number of ether oxygens (including phenoxy) is 1. The van der Waals surface area contributed by atoms with Crippen LogP contribution in [-0.2, 0) is 11.3 Å². The number of carbonyl (C=O) groups is 1. The second-order valence-corrected chi connectivity index (χ2v) is 7.95. The summed E-state index contributed by atoms with van der Waals surface area (Å²) < 4.78 is 5.09. The highest BCUT2D eigenvalue weighted by molar-refractivity contribution is 5.80. The van der Waals surface area contributed by atoms with Crippen LogP contribution in [0.5, 0.6) is 0 Å². The number of nitrogens with one attached hydrogen (secondary N) is 2. The van der Waals surface area contributed by atoms with Crippen LogP contribution in [-0.4, -0.2) is 67.8 Å². The number of piperidine rings is 1. The zero-order valence-corrected chi connectivity index (χ0v) is 18.4. The smallest absolute Gasteiger partial charge is 0.409 e. The molecule has 0 saturated carbocycles. The number of hydrogen-bond donors (Lipinski definition) is 2. The Balaban J connectivity index is 1.47. The molecule has 2 saturated heterocycles. The number of aromatic nitrogens is 1. The van der Waals surface area contributed by atoms with E-state index in [0.29, 0.717) is 32.3 Å². The Bertz CT molecular complexity index is 695. The molecule has 0 atom stereocenters. The van der Waals surface area contributed by atoms with Gasteiger partial charge in [-0.1, -0.05) is 12.8 Å². The summed E-state index contributed by atoms with van der Waals surface area (Å²) >= 11 is 0. The average molecular weight is 417 g/mol. The number of anilines is 1. The molecular formula is C22H36N6O2. The van der Waals surface area contributed by atoms with Crippen molar-refractivity contribution in [3.8, 4) is 0 Å². The summed E-state index contributed by atoms with van der Waals surface area (Å²) in [5.41, 5.74) is 1.20. The number of guanidine groups is 1. The van der Waals surface area contributed by atoms with Gasteiger partial charge in [0.15, 0.2) is 5.96 Å². The molecule has 0 unspecified atom stereocenters. The fourth-order valence-electron chi connectivity index (χ4n) is 4.04. The van der Waals surface area contributed by atoms with Gasteiger partial charge in [0.2, 0.25) is 0 Å². The summed E-state index contributed by atoms with van der Waals surface area (Å²) in [6, 6.07) is 4.54. The first-order valence-electron chi connectivity index (χ1n) is 11.3. The molecule has 2 N–H and O–H groups in total. The lowest BCUT2D eigenvalue weighted by molar-refractivity contribution is 0.0963. The van der Waals surface area contributed by atoms with E-state index >= 15 is 0 Å². The van der Waals surface area contributed by atoms with Gasteiger partial charge in [0.1, 0.15) is 5.82 Å². The highest BCUT2D eigenvalue weighted by atomic mass is 16.6. The third-order valence-electron chi connectivity index (χ3n) is 5.79. The number of aliphatic imine (C=N–C) groups is 1. The molecule has 2 aliphatic heterocycles. The molecule has 30 heavy (non-hydrogen) atoms. The molecule has 2 fully saturated rings. The summed E-state index contributed by atoms with van der Waals surface area (Å²) in [7, 11) is 1.79. The minimum atomic E-state index is -0.212. The number of nitrogens with zero attached hydrogens (tertiary/aromatic N) is 4. The normalized spacial score (nSPS) is 18.7. The highest BCUT2D eigenvalue weighted by Crippen LogP contribution is 2.18. The van der Waals surface area contributed by atoms with Crippen LogP contribution < -0.4 is 15.5 Å². The van der Waals surface area contributed by atoms with Crippen LogP contribution in [0.2, 0.25) is 0 Å². The van der Waals surface area contributed by atoms with Crippen LogP contribution in [0.15, 0.2) is 23.3 Å². The molecule has 2 aliphatic rings. The maximum Gasteiger partial charge on any atom is 0.409 e. The first-order valence-corrected chi connectivity index (χ1v) is 11.3. The van der Waals surface area contributed by atoms with Crippen LogP contribution in [0.1, 0.15) is 51.0 Å². The van der Waals surface area contributed by atoms with Crippen LogP contribution in [0.3, 0.4) is 0 Å². The van der Waals surface area contributed by atoms with Crippen molar-refractivity contribution in [2.24, 2.45) is 4.99 Å². The zero-order chi connectivity index (χ0) is 21.2. The van der Waals surface area contributed by atoms with Gasteiger partial charge in [-0.05, 0) is 50.3 Å². The first kappa shape index (κ1) is 22.2. The predicted octanol–water partition coefficient (Wildman–Crippen LogP) is 2.75. The monoisotopic (exact) mass is 416 g/mol. The number of rotatable bonds is 5. The van der Waals surface area contributed by atoms with E-state index < -0.39 is 0 Å². The van der Waals surface area contributed by atoms with Gasteiger partial charge in [0, 0.05) is 52.0 Å². The fraction of sp³-hybridized carbons (Fsp3) is 0.682. The number of likely N-dealkylation sites (tertiary alicyclic amines) is 1. The van der Waals surface area contributed by atoms with Gasteiger partial charge in [0.25, 0.3) is 0 Å². The molecule has 1 amide bonds. The largest absolute Gasteiger partial charge is 0.450 e. The number of carbonyl (C=O) groups excluding carboxylic acids is 1. The van der Waals surface area contributed by atoms with Crippen LogP contribution in [0.25, 0.3) is 0 Å². The summed E-state index contributed by atoms with van der Waals surface area (Å²) in [6.45, 7) is 6.55. The van der Waals surface area contributed by atoms with Gasteiger partial charge in [-0.25, -0.2) is 9.78 Å². The van der Waals surface area contributed by atoms with Crippen molar-refractivity contribution in [2.45, 2.75) is 58.0 Å². The van der Waals surface area contributed by atoms with Crippen LogP contribution in [0.4, 0.5) is 10.6 Å². The molecule has 8 nitrogen and oxygen atoms in total. The molecule has 0 bridgehead atoms. The van der Waals surface area contributed by atoms with E-state index in [0.717, 1.165) is 37.7 Å². The van der Waals surface area contributed by atoms with E-state index in [-0.39, 0.29) is 6.09 Å². The molecule has 0 aromatic carbocycles. The number of hydrogen-bond acceptors (Lipinski definition) is 5. The Hall–Kier alpha value is -2.51. The van der Waals surface area contributed by atoms with Crippen molar-refractivity contribution in [1.29, 1.82) is 0 Å². The molecule has 1 aromatic heterocycles. The first-order chi connectivity index (χ1) is 14.7. The minimum absolute atomic E-state index is 0.212. The third kappa shape index (κ3) is 6.50. The van der Waals surface area contributed by atoms with Crippen LogP contribution >= 0.6 is 0 Å². The lowest BCUT2D eigenvalue weighted by Crippen LogP contribution is -2.49. The Labute approximate surface area is 180 Å². The van der Waals surface area contributed by atoms with Crippen molar-refractivity contribution in [2.75, 3.05) is 44.7 Å². The molecule has 3 heterocycles. The third-order valence-corrected chi connectivity index (χ3v) is 5.79. The van der Waals surface area contributed by atoms with Gasteiger partial charge < -0.3 is 25.2 Å². The number of amides is 1. The van der Waals surface area contributed by atoms with Crippen LogP contribution in [0, 0.1) is 0 Å². The Morgan fingerprint density at radius 1 is 1.20 bits per heavy atom. The van der Waals surface area contributed by atoms with Gasteiger partial charge >= 0.3 is 6.09 Å². The Morgan fingerprint density at radius 3 is 2.60 bits per heavy atom. The van der Waals surface area contributed by atoms with E-state index in [1.54, 1.807) is 11.9 Å². The van der Waals surface area contributed by atoms with Crippen molar-refractivity contribution in [3.05, 3.63) is 23.9 Å². The average Bonchev–Trinajstić information content (AvgIpc) is 3.07. The zero-order valence-electron chi connectivity index (χ0n) is 18.4. The lowest BCUT2D eigenvalue weighted by atomic mass is 10.1. The maximum absolute atomic E-state index is 11.8. The van der Waals surface area contributed by atoms with Crippen molar-refractivity contribution < 1.29 is 9.53 Å². The van der Waals surface area contributed by atoms with Gasteiger partial charge in [-0.2, -0.15) is 0 Å². The second kappa shape index (κ2) is 11.6. The standard InChI is InChI=1S/C22H36N6O2/c1-3-30-22(29)28-14-9-19(10-15-28)26-21(23-2)25-17-18-8-11-24-20(16-18)27-12-6-4-5-7-13-27/h8,11,16,19H,3-7,9-10,12-15,17H2,1-2H3,(H2,23,25,26). The molecule has 0 aliphatic carbocycles. The minimum Gasteiger partial charge on any atom is -0.450 e. The highest BCUT2D eigenvalue weighted by Gasteiger charge is 2.24. The SMILES string of the molecule is CCOC(=O)N1CCC(NC(=NC)NCc2ccnc(N3CCCCCC3)c2)CC1. The molecule has 0 spiro atoms. The summed E-state index contributed by atoms with van der Waals surface area (Å²) in [5.74, 6) is 1.86. The Kier molecular flexibility index (Phi) is 8.59. The molecular weight excluding hydrogens is 380 g/mol. The second-order valence-electron chi connectivity index (χ2n) is 7.95. The topological polar surface area (TPSA) is 82.1 Å². The van der Waals surface area contributed by atoms with Crippen molar-refractivity contribution >= 4 is 17.9 Å². The lowest BCUT2D eigenvalue weighted by Gasteiger charge is -2.32. The molecule has 166 valence electrons. The summed E-state index contributed by atoms with van der Waals surface area (Å²) in [4.78, 5) is 25.0. The van der Waals surface area contributed by atoms with E-state index in [1.807, 2.05) is 13.1 Å². The van der Waals surface area contributed by atoms with E-state index in [2.05, 4.69) is 37.6 Å². The number of pyridine rings is 1. The fourth-order valence-corrected chi connectivity index (χ4v) is 4.04.